The molecule has 0 amide bonds. The van der Waals surface area contributed by atoms with Gasteiger partial charge in [0.1, 0.15) is 6.29 Å². The molecule has 0 aliphatic carbocycles. The molecule has 2 rings (SSSR count). The Labute approximate surface area is 97.8 Å². The summed E-state index contributed by atoms with van der Waals surface area (Å²) in [5.74, 6) is 0.453. The highest BCUT2D eigenvalue weighted by atomic mass is 79.9. The highest BCUT2D eigenvalue weighted by Crippen LogP contribution is 2.34. The van der Waals surface area contributed by atoms with Crippen molar-refractivity contribution in [3.05, 3.63) is 33.8 Å². The number of ether oxygens (including phenoxy) is 1. The molecule has 1 aliphatic rings. The first kappa shape index (κ1) is 10.8. The van der Waals surface area contributed by atoms with Crippen molar-refractivity contribution >= 4 is 22.2 Å². The van der Waals surface area contributed by atoms with Gasteiger partial charge in [0, 0.05) is 23.2 Å². The number of aldehydes is 1. The van der Waals surface area contributed by atoms with Crippen molar-refractivity contribution in [2.45, 2.75) is 18.8 Å². The Bertz CT molecular complexity index is 357. The molecule has 0 atom stereocenters. The van der Waals surface area contributed by atoms with E-state index in [4.69, 9.17) is 4.74 Å². The van der Waals surface area contributed by atoms with Gasteiger partial charge in [-0.05, 0) is 30.4 Å². The smallest absolute Gasteiger partial charge is 0.150 e. The van der Waals surface area contributed by atoms with Crippen LogP contribution in [0.5, 0.6) is 0 Å². The topological polar surface area (TPSA) is 26.3 Å². The third-order valence-corrected chi connectivity index (χ3v) is 3.53. The van der Waals surface area contributed by atoms with Gasteiger partial charge in [0.05, 0.1) is 0 Å². The van der Waals surface area contributed by atoms with Gasteiger partial charge in [-0.1, -0.05) is 28.1 Å². The van der Waals surface area contributed by atoms with Crippen LogP contribution in [0, 0.1) is 0 Å². The van der Waals surface area contributed by atoms with Crippen molar-refractivity contribution in [1.82, 2.24) is 0 Å². The second kappa shape index (κ2) is 4.90. The van der Waals surface area contributed by atoms with E-state index in [-0.39, 0.29) is 0 Å². The molecule has 15 heavy (non-hydrogen) atoms. The molecule has 0 aromatic heterocycles. The molecule has 0 saturated carbocycles. The van der Waals surface area contributed by atoms with Crippen molar-refractivity contribution in [3.63, 3.8) is 0 Å². The highest BCUT2D eigenvalue weighted by molar-refractivity contribution is 9.10. The molecule has 0 spiro atoms. The first-order chi connectivity index (χ1) is 7.33. The average Bonchev–Trinajstić information content (AvgIpc) is 2.29. The fourth-order valence-electron chi connectivity index (χ4n) is 2.07. The van der Waals surface area contributed by atoms with Gasteiger partial charge in [-0.15, -0.1) is 0 Å². The number of hydrogen-bond acceptors (Lipinski definition) is 2. The zero-order valence-corrected chi connectivity index (χ0v) is 10.00. The molecule has 3 heteroatoms. The summed E-state index contributed by atoms with van der Waals surface area (Å²) in [6.45, 7) is 1.59. The lowest BCUT2D eigenvalue weighted by Crippen LogP contribution is -2.15. The maximum Gasteiger partial charge on any atom is 0.150 e. The Kier molecular flexibility index (Phi) is 3.54. The van der Waals surface area contributed by atoms with Gasteiger partial charge in [-0.3, -0.25) is 4.79 Å². The molecule has 1 aromatic carbocycles. The summed E-state index contributed by atoms with van der Waals surface area (Å²) in [5, 5.41) is 0. The van der Waals surface area contributed by atoms with E-state index in [1.54, 1.807) is 0 Å². The van der Waals surface area contributed by atoms with Crippen LogP contribution in [0.4, 0.5) is 0 Å². The predicted molar refractivity (Wildman–Crippen MR) is 62.3 cm³/mol. The van der Waals surface area contributed by atoms with E-state index in [1.165, 1.54) is 0 Å². The largest absolute Gasteiger partial charge is 0.381 e. The summed E-state index contributed by atoms with van der Waals surface area (Å²) in [6, 6.07) is 5.77. The number of halogens is 1. The minimum Gasteiger partial charge on any atom is -0.381 e. The maximum absolute atomic E-state index is 11.0. The molecule has 0 bridgehead atoms. The standard InChI is InChI=1S/C12H13BrO2/c13-11-3-1-2-10(8-14)12(11)9-4-6-15-7-5-9/h1-3,8-9H,4-7H2. The van der Waals surface area contributed by atoms with E-state index >= 15 is 0 Å². The zero-order chi connectivity index (χ0) is 10.7. The molecule has 1 fully saturated rings. The molecule has 1 heterocycles. The van der Waals surface area contributed by atoms with Crippen LogP contribution in [-0.2, 0) is 4.74 Å². The number of benzene rings is 1. The van der Waals surface area contributed by atoms with Crippen LogP contribution in [-0.4, -0.2) is 19.5 Å². The summed E-state index contributed by atoms with van der Waals surface area (Å²) >= 11 is 3.52. The van der Waals surface area contributed by atoms with Gasteiger partial charge in [-0.2, -0.15) is 0 Å². The summed E-state index contributed by atoms with van der Waals surface area (Å²) in [6.07, 6.45) is 2.95. The number of rotatable bonds is 2. The van der Waals surface area contributed by atoms with Crippen LogP contribution < -0.4 is 0 Å². The number of carbonyl (C=O) groups excluding carboxylic acids is 1. The van der Waals surface area contributed by atoms with Crippen LogP contribution in [0.1, 0.15) is 34.7 Å². The molecule has 1 saturated heterocycles. The zero-order valence-electron chi connectivity index (χ0n) is 8.41. The van der Waals surface area contributed by atoms with E-state index in [0.717, 1.165) is 47.9 Å². The first-order valence-electron chi connectivity index (χ1n) is 5.14. The van der Waals surface area contributed by atoms with E-state index in [2.05, 4.69) is 15.9 Å². The van der Waals surface area contributed by atoms with Gasteiger partial charge in [0.25, 0.3) is 0 Å². The first-order valence-corrected chi connectivity index (χ1v) is 5.93. The van der Waals surface area contributed by atoms with Crippen molar-refractivity contribution in [1.29, 1.82) is 0 Å². The van der Waals surface area contributed by atoms with E-state index < -0.39 is 0 Å². The number of hydrogen-bond donors (Lipinski definition) is 0. The molecular weight excluding hydrogens is 256 g/mol. The van der Waals surface area contributed by atoms with Crippen LogP contribution >= 0.6 is 15.9 Å². The summed E-state index contributed by atoms with van der Waals surface area (Å²) in [5.41, 5.74) is 1.95. The van der Waals surface area contributed by atoms with Crippen LogP contribution in [0.2, 0.25) is 0 Å². The summed E-state index contributed by atoms with van der Waals surface area (Å²) < 4.78 is 6.37. The minimum absolute atomic E-state index is 0.453. The van der Waals surface area contributed by atoms with Gasteiger partial charge in [0.15, 0.2) is 0 Å². The van der Waals surface area contributed by atoms with Gasteiger partial charge in [0.2, 0.25) is 0 Å². The Morgan fingerprint density at radius 2 is 2.07 bits per heavy atom. The van der Waals surface area contributed by atoms with Crippen LogP contribution in [0.25, 0.3) is 0 Å². The molecular formula is C12H13BrO2. The van der Waals surface area contributed by atoms with Gasteiger partial charge < -0.3 is 4.74 Å². The molecule has 80 valence electrons. The summed E-state index contributed by atoms with van der Waals surface area (Å²) in [7, 11) is 0. The minimum atomic E-state index is 0.453. The lowest BCUT2D eigenvalue weighted by molar-refractivity contribution is 0.0848. The molecule has 0 N–H and O–H groups in total. The van der Waals surface area contributed by atoms with Crippen molar-refractivity contribution in [2.24, 2.45) is 0 Å². The molecule has 0 radical (unpaired) electrons. The Morgan fingerprint density at radius 1 is 1.33 bits per heavy atom. The van der Waals surface area contributed by atoms with Crippen molar-refractivity contribution in [2.75, 3.05) is 13.2 Å². The predicted octanol–water partition coefficient (Wildman–Crippen LogP) is 3.16. The third kappa shape index (κ3) is 2.29. The molecule has 0 unspecified atom stereocenters. The lowest BCUT2D eigenvalue weighted by atomic mass is 9.89. The van der Waals surface area contributed by atoms with E-state index in [9.17, 15) is 4.79 Å². The van der Waals surface area contributed by atoms with Crippen LogP contribution in [0.15, 0.2) is 22.7 Å². The third-order valence-electron chi connectivity index (χ3n) is 2.84. The Morgan fingerprint density at radius 3 is 2.73 bits per heavy atom. The van der Waals surface area contributed by atoms with Gasteiger partial charge >= 0.3 is 0 Å². The highest BCUT2D eigenvalue weighted by Gasteiger charge is 2.20. The van der Waals surface area contributed by atoms with Crippen molar-refractivity contribution < 1.29 is 9.53 Å². The SMILES string of the molecule is O=Cc1cccc(Br)c1C1CCOCC1. The Balaban J connectivity index is 2.35. The number of carbonyl (C=O) groups is 1. The second-order valence-electron chi connectivity index (χ2n) is 3.75. The average molecular weight is 269 g/mol. The Hall–Kier alpha value is -0.670. The van der Waals surface area contributed by atoms with E-state index in [1.807, 2.05) is 18.2 Å². The molecule has 2 nitrogen and oxygen atoms in total. The lowest BCUT2D eigenvalue weighted by Gasteiger charge is -2.24. The van der Waals surface area contributed by atoms with Crippen molar-refractivity contribution in [3.8, 4) is 0 Å². The normalized spacial score (nSPS) is 17.7. The second-order valence-corrected chi connectivity index (χ2v) is 4.60. The quantitative estimate of drug-likeness (QED) is 0.771. The van der Waals surface area contributed by atoms with Gasteiger partial charge in [-0.25, -0.2) is 0 Å². The molecule has 1 aromatic rings. The van der Waals surface area contributed by atoms with E-state index in [0.29, 0.717) is 5.92 Å². The fourth-order valence-corrected chi connectivity index (χ4v) is 2.78. The maximum atomic E-state index is 11.0. The van der Waals surface area contributed by atoms with Crippen LogP contribution in [0.3, 0.4) is 0 Å². The fraction of sp³-hybridized carbons (Fsp3) is 0.417. The molecule has 1 aliphatic heterocycles. The summed E-state index contributed by atoms with van der Waals surface area (Å²) in [4.78, 5) is 11.0. The monoisotopic (exact) mass is 268 g/mol.